The quantitative estimate of drug-likeness (QED) is 0.914. The van der Waals surface area contributed by atoms with Gasteiger partial charge in [0, 0.05) is 10.6 Å². The lowest BCUT2D eigenvalue weighted by atomic mass is 10.1. The van der Waals surface area contributed by atoms with E-state index in [4.69, 9.17) is 21.1 Å². The Kier molecular flexibility index (Phi) is 4.44. The molecule has 1 aromatic carbocycles. The van der Waals surface area contributed by atoms with Crippen molar-refractivity contribution in [1.29, 1.82) is 0 Å². The van der Waals surface area contributed by atoms with Gasteiger partial charge in [-0.1, -0.05) is 29.8 Å². The Morgan fingerprint density at radius 1 is 1.32 bits per heavy atom. The fraction of sp³-hybridized carbons (Fsp3) is 0.455. The molecule has 0 saturated carbocycles. The molecule has 0 radical (unpaired) electrons. The van der Waals surface area contributed by atoms with Crippen LogP contribution in [0.2, 0.25) is 5.02 Å². The molecule has 0 amide bonds. The van der Waals surface area contributed by atoms with Gasteiger partial charge < -0.3 is 9.47 Å². The third-order valence-electron chi connectivity index (χ3n) is 2.64. The number of hydrogen-bond donors (Lipinski definition) is 1. The molecule has 1 saturated heterocycles. The maximum absolute atomic E-state index is 11.4. The summed E-state index contributed by atoms with van der Waals surface area (Å²) in [5.41, 5.74) is 0.650. The lowest BCUT2D eigenvalue weighted by Gasteiger charge is -2.18. The second-order valence-corrected chi connectivity index (χ2v) is 5.83. The zero-order valence-corrected chi connectivity index (χ0v) is 11.9. The van der Waals surface area contributed by atoms with E-state index in [1.807, 2.05) is 0 Å². The standard InChI is InChI=1S/C11H14ClNO5S/c1-7-17-10(8-5-3-4-6-9(8)12)11(18-7)13-19(14,15)16-2/h3-7,10-11,13H,1-2H3. The Hall–Kier alpha value is -0.700. The van der Waals surface area contributed by atoms with Gasteiger partial charge in [0.15, 0.2) is 12.5 Å². The first-order chi connectivity index (χ1) is 8.93. The second kappa shape index (κ2) is 5.74. The Bertz CT molecular complexity index is 550. The van der Waals surface area contributed by atoms with Crippen LogP contribution in [-0.4, -0.2) is 28.0 Å². The van der Waals surface area contributed by atoms with Gasteiger partial charge in [0.05, 0.1) is 7.11 Å². The molecule has 106 valence electrons. The van der Waals surface area contributed by atoms with E-state index in [0.29, 0.717) is 10.6 Å². The largest absolute Gasteiger partial charge is 0.341 e. The predicted octanol–water partition coefficient (Wildman–Crippen LogP) is 1.58. The molecule has 0 spiro atoms. The van der Waals surface area contributed by atoms with E-state index in [0.717, 1.165) is 7.11 Å². The van der Waals surface area contributed by atoms with Crippen LogP contribution in [0.3, 0.4) is 0 Å². The normalized spacial score (nSPS) is 27.6. The number of hydrogen-bond acceptors (Lipinski definition) is 5. The third-order valence-corrected chi connectivity index (χ3v) is 3.95. The van der Waals surface area contributed by atoms with Crippen LogP contribution in [0.15, 0.2) is 24.3 Å². The van der Waals surface area contributed by atoms with Gasteiger partial charge >= 0.3 is 10.3 Å². The average molecular weight is 308 g/mol. The molecule has 1 aliphatic heterocycles. The summed E-state index contributed by atoms with van der Waals surface area (Å²) in [6.45, 7) is 1.67. The molecule has 1 fully saturated rings. The summed E-state index contributed by atoms with van der Waals surface area (Å²) in [4.78, 5) is 0. The van der Waals surface area contributed by atoms with E-state index in [1.54, 1.807) is 31.2 Å². The first kappa shape index (κ1) is 14.7. The van der Waals surface area contributed by atoms with E-state index >= 15 is 0 Å². The summed E-state index contributed by atoms with van der Waals surface area (Å²) in [7, 11) is -2.82. The number of rotatable bonds is 4. The molecule has 0 aliphatic carbocycles. The van der Waals surface area contributed by atoms with Crippen LogP contribution in [-0.2, 0) is 24.0 Å². The average Bonchev–Trinajstić information content (AvgIpc) is 2.70. The second-order valence-electron chi connectivity index (χ2n) is 3.94. The van der Waals surface area contributed by atoms with E-state index in [1.165, 1.54) is 0 Å². The highest BCUT2D eigenvalue weighted by molar-refractivity contribution is 7.84. The van der Waals surface area contributed by atoms with E-state index in [-0.39, 0.29) is 0 Å². The highest BCUT2D eigenvalue weighted by atomic mass is 35.5. The highest BCUT2D eigenvalue weighted by Gasteiger charge is 2.38. The van der Waals surface area contributed by atoms with Gasteiger partial charge in [-0.25, -0.2) is 0 Å². The number of benzene rings is 1. The van der Waals surface area contributed by atoms with Crippen molar-refractivity contribution < 1.29 is 22.1 Å². The number of halogens is 1. The van der Waals surface area contributed by atoms with Gasteiger partial charge in [0.25, 0.3) is 0 Å². The molecule has 19 heavy (non-hydrogen) atoms. The van der Waals surface area contributed by atoms with Crippen LogP contribution in [0.5, 0.6) is 0 Å². The summed E-state index contributed by atoms with van der Waals surface area (Å²) in [5.74, 6) is 0. The van der Waals surface area contributed by atoms with Crippen LogP contribution in [0, 0.1) is 0 Å². The molecule has 0 aromatic heterocycles. The summed E-state index contributed by atoms with van der Waals surface area (Å²) in [6, 6.07) is 7.02. The van der Waals surface area contributed by atoms with Gasteiger partial charge in [-0.2, -0.15) is 13.1 Å². The molecular formula is C11H14ClNO5S. The van der Waals surface area contributed by atoms with Crippen molar-refractivity contribution in [2.45, 2.75) is 25.5 Å². The maximum atomic E-state index is 11.4. The van der Waals surface area contributed by atoms with Crippen molar-refractivity contribution in [3.8, 4) is 0 Å². The van der Waals surface area contributed by atoms with Crippen LogP contribution in [0.25, 0.3) is 0 Å². The summed E-state index contributed by atoms with van der Waals surface area (Å²) >= 11 is 6.08. The van der Waals surface area contributed by atoms with E-state index in [9.17, 15) is 8.42 Å². The number of ether oxygens (including phenoxy) is 2. The molecule has 1 heterocycles. The smallest absolute Gasteiger partial charge is 0.337 e. The highest BCUT2D eigenvalue weighted by Crippen LogP contribution is 2.35. The third kappa shape index (κ3) is 3.44. The zero-order chi connectivity index (χ0) is 14.0. The van der Waals surface area contributed by atoms with Crippen molar-refractivity contribution in [1.82, 2.24) is 4.72 Å². The molecular weight excluding hydrogens is 294 g/mol. The molecule has 6 nitrogen and oxygen atoms in total. The predicted molar refractivity (Wildman–Crippen MR) is 68.7 cm³/mol. The van der Waals surface area contributed by atoms with E-state index in [2.05, 4.69) is 8.91 Å². The summed E-state index contributed by atoms with van der Waals surface area (Å²) in [6.07, 6.45) is -2.07. The Balaban J connectivity index is 2.26. The molecule has 3 atom stereocenters. The lowest BCUT2D eigenvalue weighted by Crippen LogP contribution is -2.38. The van der Waals surface area contributed by atoms with Gasteiger partial charge in [-0.3, -0.25) is 4.18 Å². The molecule has 1 N–H and O–H groups in total. The minimum Gasteiger partial charge on any atom is -0.341 e. The van der Waals surface area contributed by atoms with Gasteiger partial charge in [-0.15, -0.1) is 0 Å². The Labute approximate surface area is 116 Å². The maximum Gasteiger partial charge on any atom is 0.337 e. The first-order valence-electron chi connectivity index (χ1n) is 5.56. The fourth-order valence-electron chi connectivity index (χ4n) is 1.81. The van der Waals surface area contributed by atoms with Crippen molar-refractivity contribution in [2.24, 2.45) is 0 Å². The van der Waals surface area contributed by atoms with Crippen LogP contribution >= 0.6 is 11.6 Å². The molecule has 0 bridgehead atoms. The van der Waals surface area contributed by atoms with Gasteiger partial charge in [0.1, 0.15) is 6.10 Å². The van der Waals surface area contributed by atoms with Crippen molar-refractivity contribution in [2.75, 3.05) is 7.11 Å². The molecule has 1 aliphatic rings. The van der Waals surface area contributed by atoms with Crippen molar-refractivity contribution in [3.05, 3.63) is 34.9 Å². The van der Waals surface area contributed by atoms with Crippen molar-refractivity contribution >= 4 is 21.9 Å². The monoisotopic (exact) mass is 307 g/mol. The minimum atomic E-state index is -3.88. The zero-order valence-electron chi connectivity index (χ0n) is 10.4. The summed E-state index contributed by atoms with van der Waals surface area (Å²) in [5, 5.41) is 0.479. The molecule has 8 heteroatoms. The fourth-order valence-corrected chi connectivity index (χ4v) is 2.61. The summed E-state index contributed by atoms with van der Waals surface area (Å²) < 4.78 is 40.4. The van der Waals surface area contributed by atoms with Crippen LogP contribution in [0.4, 0.5) is 0 Å². The van der Waals surface area contributed by atoms with Crippen molar-refractivity contribution in [3.63, 3.8) is 0 Å². The van der Waals surface area contributed by atoms with Crippen LogP contribution < -0.4 is 4.72 Å². The Morgan fingerprint density at radius 3 is 2.63 bits per heavy atom. The lowest BCUT2D eigenvalue weighted by molar-refractivity contribution is -0.0523. The van der Waals surface area contributed by atoms with E-state index < -0.39 is 28.9 Å². The van der Waals surface area contributed by atoms with Crippen LogP contribution in [0.1, 0.15) is 18.6 Å². The molecule has 1 aromatic rings. The number of nitrogens with one attached hydrogen (secondary N) is 1. The SMILES string of the molecule is COS(=O)(=O)NC1OC(C)OC1c1ccccc1Cl. The molecule has 3 unspecified atom stereocenters. The molecule has 2 rings (SSSR count). The van der Waals surface area contributed by atoms with Gasteiger partial charge in [-0.05, 0) is 13.0 Å². The Morgan fingerprint density at radius 2 is 2.00 bits per heavy atom. The first-order valence-corrected chi connectivity index (χ1v) is 7.35. The van der Waals surface area contributed by atoms with Gasteiger partial charge in [0.2, 0.25) is 0 Å². The topological polar surface area (TPSA) is 73.9 Å². The minimum absolute atomic E-state index is 0.479.